The summed E-state index contributed by atoms with van der Waals surface area (Å²) >= 11 is 0. The number of carbonyl (C=O) groups excluding carboxylic acids is 1. The van der Waals surface area contributed by atoms with Crippen molar-refractivity contribution >= 4 is 5.78 Å². The third-order valence-corrected chi connectivity index (χ3v) is 3.24. The van der Waals surface area contributed by atoms with Crippen molar-refractivity contribution in [1.29, 1.82) is 0 Å². The summed E-state index contributed by atoms with van der Waals surface area (Å²) in [6.07, 6.45) is 0.423. The number of rotatable bonds is 2. The lowest BCUT2D eigenvalue weighted by atomic mass is 9.78. The number of hydrogen-bond donors (Lipinski definition) is 1. The lowest BCUT2D eigenvalue weighted by Gasteiger charge is -2.28. The molecule has 0 bridgehead atoms. The maximum atomic E-state index is 11.4. The first-order valence-corrected chi connectivity index (χ1v) is 6.79. The van der Waals surface area contributed by atoms with Crippen molar-refractivity contribution in [1.82, 2.24) is 0 Å². The molecule has 0 saturated heterocycles. The maximum Gasteiger partial charge on any atom is 0.134 e. The number of aromatic hydroxyl groups is 1. The molecule has 0 spiro atoms. The van der Waals surface area contributed by atoms with Crippen molar-refractivity contribution in [3.8, 4) is 5.75 Å². The molecule has 20 heavy (non-hydrogen) atoms. The fourth-order valence-electron chi connectivity index (χ4n) is 2.23. The molecule has 0 radical (unpaired) electrons. The molecule has 0 heterocycles. The molecule has 1 rings (SSSR count). The lowest BCUT2D eigenvalue weighted by molar-refractivity contribution is -0.116. The summed E-state index contributed by atoms with van der Waals surface area (Å²) in [5, 5.41) is 10.5. The van der Waals surface area contributed by atoms with Gasteiger partial charge in [-0.15, -0.1) is 0 Å². The summed E-state index contributed by atoms with van der Waals surface area (Å²) in [6.45, 7) is 14.1. The second-order valence-electron chi connectivity index (χ2n) is 7.42. The SMILES string of the molecule is C.CC(=O)Cc1cc(C(C)(C)C)c(O)c(C(C)(C)C)c1. The van der Waals surface area contributed by atoms with Gasteiger partial charge in [0.2, 0.25) is 0 Å². The second kappa shape index (κ2) is 5.99. The molecule has 0 aromatic heterocycles. The highest BCUT2D eigenvalue weighted by atomic mass is 16.3. The summed E-state index contributed by atoms with van der Waals surface area (Å²) in [4.78, 5) is 11.4. The van der Waals surface area contributed by atoms with Crippen LogP contribution >= 0.6 is 0 Å². The Labute approximate surface area is 124 Å². The predicted octanol–water partition coefficient (Wildman–Crippen LogP) is 4.75. The van der Waals surface area contributed by atoms with Crippen LogP contribution in [-0.4, -0.2) is 10.9 Å². The topological polar surface area (TPSA) is 37.3 Å². The number of ketones is 1. The summed E-state index contributed by atoms with van der Waals surface area (Å²) in [5.74, 6) is 0.512. The Balaban J connectivity index is 0.00000361. The zero-order valence-corrected chi connectivity index (χ0v) is 13.2. The van der Waals surface area contributed by atoms with E-state index in [1.807, 2.05) is 12.1 Å². The Morgan fingerprint density at radius 2 is 1.35 bits per heavy atom. The number of Topliss-reactive ketones (excluding diaryl/α,β-unsaturated/α-hetero) is 1. The van der Waals surface area contributed by atoms with Crippen molar-refractivity contribution in [2.24, 2.45) is 0 Å². The van der Waals surface area contributed by atoms with E-state index in [2.05, 4.69) is 41.5 Å². The van der Waals surface area contributed by atoms with E-state index in [9.17, 15) is 9.90 Å². The third-order valence-electron chi connectivity index (χ3n) is 3.24. The van der Waals surface area contributed by atoms with Gasteiger partial charge in [0.1, 0.15) is 11.5 Å². The standard InChI is InChI=1S/C17H26O2.CH4/c1-11(18)8-12-9-13(16(2,3)4)15(19)14(10-12)17(5,6)7;/h9-10,19H,8H2,1-7H3;1H4. The Hall–Kier alpha value is -1.31. The van der Waals surface area contributed by atoms with Gasteiger partial charge < -0.3 is 5.11 Å². The van der Waals surface area contributed by atoms with Crippen molar-refractivity contribution in [3.63, 3.8) is 0 Å². The van der Waals surface area contributed by atoms with Crippen LogP contribution in [0, 0.1) is 0 Å². The van der Waals surface area contributed by atoms with Gasteiger partial charge in [-0.1, -0.05) is 61.1 Å². The van der Waals surface area contributed by atoms with Crippen LogP contribution in [0.25, 0.3) is 0 Å². The van der Waals surface area contributed by atoms with E-state index in [-0.39, 0.29) is 24.0 Å². The predicted molar refractivity (Wildman–Crippen MR) is 86.6 cm³/mol. The molecule has 1 aromatic rings. The maximum absolute atomic E-state index is 11.4. The highest BCUT2D eigenvalue weighted by Crippen LogP contribution is 2.39. The minimum Gasteiger partial charge on any atom is -0.507 e. The summed E-state index contributed by atoms with van der Waals surface area (Å²) in [6, 6.07) is 3.93. The van der Waals surface area contributed by atoms with E-state index in [1.165, 1.54) is 0 Å². The summed E-state index contributed by atoms with van der Waals surface area (Å²) in [5.41, 5.74) is 2.53. The first kappa shape index (κ1) is 18.7. The van der Waals surface area contributed by atoms with Gasteiger partial charge in [0.25, 0.3) is 0 Å². The first-order chi connectivity index (χ1) is 8.43. The minimum absolute atomic E-state index is 0. The smallest absolute Gasteiger partial charge is 0.134 e. The highest BCUT2D eigenvalue weighted by molar-refractivity contribution is 5.78. The molecule has 0 aliphatic heterocycles. The lowest BCUT2D eigenvalue weighted by Crippen LogP contribution is -2.18. The van der Waals surface area contributed by atoms with Crippen molar-refractivity contribution < 1.29 is 9.90 Å². The van der Waals surface area contributed by atoms with E-state index in [1.54, 1.807) is 6.92 Å². The van der Waals surface area contributed by atoms with E-state index in [4.69, 9.17) is 0 Å². The molecule has 0 saturated carbocycles. The molecule has 114 valence electrons. The molecular formula is C18H30O2. The normalized spacial score (nSPS) is 11.9. The van der Waals surface area contributed by atoms with Crippen LogP contribution in [0.3, 0.4) is 0 Å². The molecule has 0 unspecified atom stereocenters. The molecule has 0 aliphatic rings. The summed E-state index contributed by atoms with van der Waals surface area (Å²) < 4.78 is 0. The van der Waals surface area contributed by atoms with Crippen LogP contribution in [0.1, 0.15) is 72.6 Å². The molecule has 1 aromatic carbocycles. The molecular weight excluding hydrogens is 248 g/mol. The van der Waals surface area contributed by atoms with Gasteiger partial charge in [-0.3, -0.25) is 4.79 Å². The van der Waals surface area contributed by atoms with Crippen molar-refractivity contribution in [2.75, 3.05) is 0 Å². The molecule has 0 fully saturated rings. The van der Waals surface area contributed by atoms with Crippen molar-refractivity contribution in [2.45, 2.75) is 73.1 Å². The first-order valence-electron chi connectivity index (χ1n) is 6.79. The molecule has 0 amide bonds. The average molecular weight is 278 g/mol. The largest absolute Gasteiger partial charge is 0.507 e. The number of carbonyl (C=O) groups is 1. The van der Waals surface area contributed by atoms with Crippen LogP contribution in [0.15, 0.2) is 12.1 Å². The van der Waals surface area contributed by atoms with Crippen LogP contribution in [0.2, 0.25) is 0 Å². The van der Waals surface area contributed by atoms with E-state index >= 15 is 0 Å². The zero-order valence-electron chi connectivity index (χ0n) is 13.2. The van der Waals surface area contributed by atoms with E-state index < -0.39 is 0 Å². The van der Waals surface area contributed by atoms with Crippen molar-refractivity contribution in [3.05, 3.63) is 28.8 Å². The Bertz CT molecular complexity index is 450. The fraction of sp³-hybridized carbons (Fsp3) is 0.611. The number of phenolic OH excluding ortho intramolecular Hbond substituents is 1. The van der Waals surface area contributed by atoms with Crippen LogP contribution in [0.5, 0.6) is 5.75 Å². The van der Waals surface area contributed by atoms with Gasteiger partial charge in [-0.05, 0) is 34.4 Å². The highest BCUT2D eigenvalue weighted by Gasteiger charge is 2.26. The fourth-order valence-corrected chi connectivity index (χ4v) is 2.23. The zero-order chi connectivity index (χ0) is 15.0. The van der Waals surface area contributed by atoms with E-state index in [0.717, 1.165) is 16.7 Å². The van der Waals surface area contributed by atoms with Crippen LogP contribution in [-0.2, 0) is 22.0 Å². The average Bonchev–Trinajstić information content (AvgIpc) is 2.16. The summed E-state index contributed by atoms with van der Waals surface area (Å²) in [7, 11) is 0. The monoisotopic (exact) mass is 278 g/mol. The molecule has 1 N–H and O–H groups in total. The van der Waals surface area contributed by atoms with Crippen LogP contribution < -0.4 is 0 Å². The van der Waals surface area contributed by atoms with Gasteiger partial charge in [0, 0.05) is 6.42 Å². The van der Waals surface area contributed by atoms with E-state index in [0.29, 0.717) is 12.2 Å². The molecule has 0 atom stereocenters. The number of benzene rings is 1. The number of hydrogen-bond acceptors (Lipinski definition) is 2. The second-order valence-corrected chi connectivity index (χ2v) is 7.42. The third kappa shape index (κ3) is 4.36. The van der Waals surface area contributed by atoms with Gasteiger partial charge in [-0.2, -0.15) is 0 Å². The minimum atomic E-state index is -0.142. The van der Waals surface area contributed by atoms with Crippen LogP contribution in [0.4, 0.5) is 0 Å². The van der Waals surface area contributed by atoms with Gasteiger partial charge in [0.05, 0.1) is 0 Å². The molecule has 0 aliphatic carbocycles. The molecule has 2 nitrogen and oxygen atoms in total. The Morgan fingerprint density at radius 1 is 1.00 bits per heavy atom. The Kier molecular flexibility index (Phi) is 5.59. The van der Waals surface area contributed by atoms with Gasteiger partial charge in [-0.25, -0.2) is 0 Å². The Morgan fingerprint density at radius 3 is 1.60 bits per heavy atom. The quantitative estimate of drug-likeness (QED) is 0.847. The number of phenols is 1. The molecule has 2 heteroatoms. The van der Waals surface area contributed by atoms with Gasteiger partial charge >= 0.3 is 0 Å². The van der Waals surface area contributed by atoms with Gasteiger partial charge in [0.15, 0.2) is 0 Å².